The number of ether oxygens (including phenoxy) is 1. The van der Waals surface area contributed by atoms with Gasteiger partial charge >= 0.3 is 0 Å². The maximum Gasteiger partial charge on any atom is 0.202 e. The average Bonchev–Trinajstić information content (AvgIpc) is 3.11. The molecule has 2 aromatic heterocycles. The van der Waals surface area contributed by atoms with Gasteiger partial charge in [0, 0.05) is 17.0 Å². The van der Waals surface area contributed by atoms with Gasteiger partial charge in [-0.3, -0.25) is 4.79 Å². The van der Waals surface area contributed by atoms with E-state index >= 15 is 0 Å². The van der Waals surface area contributed by atoms with Crippen molar-refractivity contribution in [3.05, 3.63) is 69.9 Å². The van der Waals surface area contributed by atoms with E-state index in [2.05, 4.69) is 4.98 Å². The highest BCUT2D eigenvalue weighted by atomic mass is 32.1. The van der Waals surface area contributed by atoms with E-state index in [1.54, 1.807) is 32.2 Å². The minimum Gasteiger partial charge on any atom is -0.497 e. The molecule has 0 fully saturated rings. The molecule has 0 aliphatic rings. The summed E-state index contributed by atoms with van der Waals surface area (Å²) in [6.45, 7) is 1.79. The van der Waals surface area contributed by atoms with E-state index in [1.165, 1.54) is 11.3 Å². The third-order valence-electron chi connectivity index (χ3n) is 4.06. The molecule has 124 valence electrons. The summed E-state index contributed by atoms with van der Waals surface area (Å²) < 4.78 is 11.1. The van der Waals surface area contributed by atoms with Crippen molar-refractivity contribution in [3.8, 4) is 27.6 Å². The van der Waals surface area contributed by atoms with Crippen LogP contribution in [-0.4, -0.2) is 12.1 Å². The van der Waals surface area contributed by atoms with Gasteiger partial charge in [0.2, 0.25) is 5.43 Å². The molecule has 0 aliphatic heterocycles. The lowest BCUT2D eigenvalue weighted by Gasteiger charge is -2.06. The van der Waals surface area contributed by atoms with Crippen LogP contribution in [0.5, 0.6) is 5.75 Å². The maximum absolute atomic E-state index is 13.0. The van der Waals surface area contributed by atoms with E-state index < -0.39 is 0 Å². The monoisotopic (exact) mass is 349 g/mol. The maximum atomic E-state index is 13.0. The molecule has 4 rings (SSSR count). The number of methoxy groups -OCH3 is 1. The highest BCUT2D eigenvalue weighted by Crippen LogP contribution is 2.30. The van der Waals surface area contributed by atoms with Gasteiger partial charge in [0.05, 0.1) is 23.8 Å². The van der Waals surface area contributed by atoms with Crippen molar-refractivity contribution in [3.63, 3.8) is 0 Å². The molecule has 0 atom stereocenters. The minimum absolute atomic E-state index is 0.0775. The molecule has 4 nitrogen and oxygen atoms in total. The number of thiazole rings is 1. The number of fused-ring (bicyclic) bond motifs is 1. The van der Waals surface area contributed by atoms with Crippen molar-refractivity contribution < 1.29 is 9.15 Å². The van der Waals surface area contributed by atoms with Gasteiger partial charge in [-0.05, 0) is 19.1 Å². The molecule has 2 aromatic carbocycles. The first-order valence-corrected chi connectivity index (χ1v) is 8.68. The number of rotatable bonds is 3. The predicted molar refractivity (Wildman–Crippen MR) is 100 cm³/mol. The Morgan fingerprint density at radius 2 is 1.92 bits per heavy atom. The molecule has 0 bridgehead atoms. The van der Waals surface area contributed by atoms with Crippen molar-refractivity contribution in [2.75, 3.05) is 7.11 Å². The van der Waals surface area contributed by atoms with Crippen LogP contribution in [0.15, 0.2) is 63.1 Å². The van der Waals surface area contributed by atoms with Crippen LogP contribution in [0.2, 0.25) is 0 Å². The van der Waals surface area contributed by atoms with Crippen molar-refractivity contribution >= 4 is 22.3 Å². The van der Waals surface area contributed by atoms with Crippen LogP contribution >= 0.6 is 11.3 Å². The number of aromatic nitrogens is 1. The van der Waals surface area contributed by atoms with Crippen LogP contribution in [0, 0.1) is 6.92 Å². The van der Waals surface area contributed by atoms with Gasteiger partial charge < -0.3 is 9.15 Å². The molecule has 0 unspecified atom stereocenters. The molecule has 25 heavy (non-hydrogen) atoms. The highest BCUT2D eigenvalue weighted by Gasteiger charge is 2.17. The molecular weight excluding hydrogens is 334 g/mol. The van der Waals surface area contributed by atoms with Gasteiger partial charge in [0.25, 0.3) is 0 Å². The summed E-state index contributed by atoms with van der Waals surface area (Å²) in [5.41, 5.74) is 2.63. The summed E-state index contributed by atoms with van der Waals surface area (Å²) in [7, 11) is 1.58. The molecular formula is C20H15NO3S. The fourth-order valence-electron chi connectivity index (χ4n) is 2.81. The number of benzene rings is 2. The molecule has 0 saturated heterocycles. The first-order chi connectivity index (χ1) is 12.2. The van der Waals surface area contributed by atoms with E-state index in [9.17, 15) is 4.79 Å². The minimum atomic E-state index is -0.0775. The largest absolute Gasteiger partial charge is 0.497 e. The van der Waals surface area contributed by atoms with E-state index in [0.29, 0.717) is 33.7 Å². The first-order valence-electron chi connectivity index (χ1n) is 7.80. The van der Waals surface area contributed by atoms with E-state index in [0.717, 1.165) is 10.6 Å². The lowest BCUT2D eigenvalue weighted by atomic mass is 10.1. The third kappa shape index (κ3) is 2.72. The quantitative estimate of drug-likeness (QED) is 0.528. The van der Waals surface area contributed by atoms with Crippen LogP contribution in [0.1, 0.15) is 5.76 Å². The van der Waals surface area contributed by atoms with E-state index in [1.807, 2.05) is 35.7 Å². The molecule has 5 heteroatoms. The molecule has 0 saturated carbocycles. The fraction of sp³-hybridized carbons (Fsp3) is 0.100. The average molecular weight is 349 g/mol. The molecule has 0 spiro atoms. The summed E-state index contributed by atoms with van der Waals surface area (Å²) in [5, 5.41) is 3.30. The molecule has 0 radical (unpaired) electrons. The lowest BCUT2D eigenvalue weighted by molar-refractivity contribution is 0.414. The molecule has 0 amide bonds. The Morgan fingerprint density at radius 3 is 2.68 bits per heavy atom. The van der Waals surface area contributed by atoms with Crippen molar-refractivity contribution in [2.24, 2.45) is 0 Å². The summed E-state index contributed by atoms with van der Waals surface area (Å²) >= 11 is 1.51. The SMILES string of the molecule is COc1ccc2c(=O)c(-c3csc(-c4ccccc4)n3)c(C)oc2c1. The Balaban J connectivity index is 1.87. The number of nitrogens with zero attached hydrogens (tertiary/aromatic N) is 1. The fourth-order valence-corrected chi connectivity index (χ4v) is 3.63. The Morgan fingerprint density at radius 1 is 1.12 bits per heavy atom. The van der Waals surface area contributed by atoms with E-state index in [-0.39, 0.29) is 5.43 Å². The zero-order valence-electron chi connectivity index (χ0n) is 13.8. The molecule has 2 heterocycles. The molecule has 0 aliphatic carbocycles. The second-order valence-corrected chi connectivity index (χ2v) is 6.49. The van der Waals surface area contributed by atoms with Crippen molar-refractivity contribution in [2.45, 2.75) is 6.92 Å². The van der Waals surface area contributed by atoms with Crippen LogP contribution in [0.4, 0.5) is 0 Å². The van der Waals surface area contributed by atoms with Crippen LogP contribution in [0.25, 0.3) is 32.8 Å². The highest BCUT2D eigenvalue weighted by molar-refractivity contribution is 7.13. The summed E-state index contributed by atoms with van der Waals surface area (Å²) in [6, 6.07) is 15.1. The zero-order valence-corrected chi connectivity index (χ0v) is 14.6. The Hall–Kier alpha value is -2.92. The van der Waals surface area contributed by atoms with Crippen molar-refractivity contribution in [1.82, 2.24) is 4.98 Å². The van der Waals surface area contributed by atoms with Crippen LogP contribution in [0.3, 0.4) is 0 Å². The summed E-state index contributed by atoms with van der Waals surface area (Å²) in [4.78, 5) is 17.6. The molecule has 0 N–H and O–H groups in total. The van der Waals surface area contributed by atoms with Gasteiger partial charge in [-0.25, -0.2) is 4.98 Å². The normalized spacial score (nSPS) is 11.0. The Bertz CT molecular complexity index is 1110. The first kappa shape index (κ1) is 15.6. The Labute approximate surface area is 148 Å². The predicted octanol–water partition coefficient (Wildman–Crippen LogP) is 4.90. The van der Waals surface area contributed by atoms with Gasteiger partial charge in [0.1, 0.15) is 22.1 Å². The van der Waals surface area contributed by atoms with Crippen molar-refractivity contribution in [1.29, 1.82) is 0 Å². The third-order valence-corrected chi connectivity index (χ3v) is 4.95. The summed E-state index contributed by atoms with van der Waals surface area (Å²) in [6.07, 6.45) is 0. The van der Waals surface area contributed by atoms with Crippen LogP contribution < -0.4 is 10.2 Å². The topological polar surface area (TPSA) is 52.3 Å². The van der Waals surface area contributed by atoms with Gasteiger partial charge in [-0.2, -0.15) is 0 Å². The van der Waals surface area contributed by atoms with Gasteiger partial charge in [0.15, 0.2) is 0 Å². The van der Waals surface area contributed by atoms with Gasteiger partial charge in [-0.1, -0.05) is 30.3 Å². The number of hydrogen-bond donors (Lipinski definition) is 0. The number of aryl methyl sites for hydroxylation is 1. The van der Waals surface area contributed by atoms with E-state index in [4.69, 9.17) is 9.15 Å². The standard InChI is InChI=1S/C20H15NO3S/c1-12-18(16-11-25-20(21-16)13-6-4-3-5-7-13)19(22)15-9-8-14(23-2)10-17(15)24-12/h3-11H,1-2H3. The molecule has 4 aromatic rings. The Kier molecular flexibility index (Phi) is 3.86. The lowest BCUT2D eigenvalue weighted by Crippen LogP contribution is -2.07. The second-order valence-electron chi connectivity index (χ2n) is 5.63. The second kappa shape index (κ2) is 6.18. The van der Waals surface area contributed by atoms with Gasteiger partial charge in [-0.15, -0.1) is 11.3 Å². The summed E-state index contributed by atoms with van der Waals surface area (Å²) in [5.74, 6) is 1.21. The number of hydrogen-bond acceptors (Lipinski definition) is 5. The van der Waals surface area contributed by atoms with Crippen LogP contribution in [-0.2, 0) is 0 Å². The zero-order chi connectivity index (χ0) is 17.4. The smallest absolute Gasteiger partial charge is 0.202 e.